The average molecular weight is 507 g/mol. The Labute approximate surface area is 206 Å². The van der Waals surface area contributed by atoms with Crippen LogP contribution in [0.1, 0.15) is 26.7 Å². The first-order valence-corrected chi connectivity index (χ1v) is 19.2. The van der Waals surface area contributed by atoms with Crippen LogP contribution in [0.3, 0.4) is 0 Å². The summed E-state index contributed by atoms with van der Waals surface area (Å²) in [4.78, 5) is 4.92. The number of pyridine rings is 1. The van der Waals surface area contributed by atoms with Crippen LogP contribution >= 0.6 is 0 Å². The van der Waals surface area contributed by atoms with Crippen LogP contribution in [0.4, 0.5) is 0 Å². The molecule has 0 N–H and O–H groups in total. The van der Waals surface area contributed by atoms with Crippen LogP contribution in [0.2, 0.25) is 17.3 Å². The Morgan fingerprint density at radius 3 is 2.06 bits per heavy atom. The van der Waals surface area contributed by atoms with Gasteiger partial charge in [0.2, 0.25) is 0 Å². The number of hydrogen-bond acceptors (Lipinski definition) is 2. The molecule has 34 heavy (non-hydrogen) atoms. The average Bonchev–Trinajstić information content (AvgIpc) is 3.27. The van der Waals surface area contributed by atoms with E-state index in [4.69, 9.17) is 10.8 Å². The summed E-state index contributed by atoms with van der Waals surface area (Å²) in [5.74, 6) is 7.24. The predicted octanol–water partition coefficient (Wildman–Crippen LogP) is 8.50. The molecule has 0 aliphatic carbocycles. The van der Waals surface area contributed by atoms with Gasteiger partial charge in [0.1, 0.15) is 0 Å². The molecule has 0 spiro atoms. The summed E-state index contributed by atoms with van der Waals surface area (Å²) >= 11 is -2.20. The SMILES string of the molecule is [2H]C(C)(C)c1cc(-c2cc(-c3ccccc3)c3cc(-c4ccccc4)oc3c2)nc[c]1[Ge]([CH3])([CH3])[CH3]. The zero-order valence-electron chi connectivity index (χ0n) is 21.5. The minimum atomic E-state index is -2.20. The summed E-state index contributed by atoms with van der Waals surface area (Å²) in [5, 5.41) is 1.08. The third-order valence-corrected chi connectivity index (χ3v) is 10.6. The molecule has 0 aliphatic heterocycles. The fourth-order valence-corrected chi connectivity index (χ4v) is 7.83. The molecule has 0 bridgehead atoms. The monoisotopic (exact) mass is 508 g/mol. The zero-order valence-corrected chi connectivity index (χ0v) is 22.6. The molecule has 2 aromatic heterocycles. The quantitative estimate of drug-likeness (QED) is 0.223. The molecule has 0 saturated heterocycles. The van der Waals surface area contributed by atoms with E-state index in [1.54, 1.807) is 0 Å². The Kier molecular flexibility index (Phi) is 5.62. The Hall–Kier alpha value is -3.11. The van der Waals surface area contributed by atoms with Crippen molar-refractivity contribution < 1.29 is 5.79 Å². The third-order valence-electron chi connectivity index (χ3n) is 6.33. The molecule has 0 atom stereocenters. The van der Waals surface area contributed by atoms with Crippen LogP contribution in [0.15, 0.2) is 95.5 Å². The summed E-state index contributed by atoms with van der Waals surface area (Å²) in [6, 6.07) is 29.2. The van der Waals surface area contributed by atoms with E-state index in [2.05, 4.69) is 77.9 Å². The van der Waals surface area contributed by atoms with Gasteiger partial charge in [0.25, 0.3) is 0 Å². The van der Waals surface area contributed by atoms with Crippen LogP contribution in [0.5, 0.6) is 0 Å². The Morgan fingerprint density at radius 1 is 0.794 bits per heavy atom. The van der Waals surface area contributed by atoms with E-state index in [9.17, 15) is 0 Å². The van der Waals surface area contributed by atoms with Crippen molar-refractivity contribution in [2.75, 3.05) is 0 Å². The summed E-state index contributed by atoms with van der Waals surface area (Å²) < 4.78 is 16.5. The van der Waals surface area contributed by atoms with Gasteiger partial charge < -0.3 is 0 Å². The van der Waals surface area contributed by atoms with Crippen molar-refractivity contribution in [1.29, 1.82) is 0 Å². The van der Waals surface area contributed by atoms with Crippen molar-refractivity contribution in [1.82, 2.24) is 4.98 Å². The first-order chi connectivity index (χ1) is 16.6. The summed E-state index contributed by atoms with van der Waals surface area (Å²) in [7, 11) is 0. The van der Waals surface area contributed by atoms with Gasteiger partial charge in [-0.1, -0.05) is 6.07 Å². The van der Waals surface area contributed by atoms with E-state index < -0.39 is 19.2 Å². The maximum absolute atomic E-state index is 8.84. The first kappa shape index (κ1) is 21.4. The van der Waals surface area contributed by atoms with E-state index in [0.29, 0.717) is 0 Å². The summed E-state index contributed by atoms with van der Waals surface area (Å²) in [5.41, 5.74) is 7.13. The normalized spacial score (nSPS) is 12.7. The van der Waals surface area contributed by atoms with Crippen LogP contribution < -0.4 is 4.40 Å². The van der Waals surface area contributed by atoms with Gasteiger partial charge in [-0.15, -0.1) is 0 Å². The van der Waals surface area contributed by atoms with Gasteiger partial charge in [0.05, 0.1) is 0 Å². The minimum absolute atomic E-state index is 0.691. The molecule has 0 unspecified atom stereocenters. The number of furan rings is 1. The summed E-state index contributed by atoms with van der Waals surface area (Å²) in [6.07, 6.45) is 2.03. The molecule has 2 heterocycles. The van der Waals surface area contributed by atoms with Gasteiger partial charge in [-0.2, -0.15) is 0 Å². The van der Waals surface area contributed by atoms with E-state index in [-0.39, 0.29) is 0 Å². The fraction of sp³-hybridized carbons (Fsp3) is 0.194. The van der Waals surface area contributed by atoms with Crippen LogP contribution in [0.25, 0.3) is 44.7 Å². The topological polar surface area (TPSA) is 26.0 Å². The molecule has 0 fully saturated rings. The van der Waals surface area contributed by atoms with Gasteiger partial charge in [-0.05, 0) is 0 Å². The second-order valence-electron chi connectivity index (χ2n) is 10.1. The fourth-order valence-electron chi connectivity index (χ4n) is 4.51. The molecule has 3 heteroatoms. The number of rotatable bonds is 5. The molecule has 2 nitrogen and oxygen atoms in total. The standard InChI is InChI=1S/C31H31GeNO/c1-21(2)25-18-29(33-20-28(25)32(3,4)5)24-16-26(22-12-8-6-9-13-22)27-19-30(34-31(27)17-24)23-14-10-7-11-15-23/h6-21H,1-5H3/i21D. The van der Waals surface area contributed by atoms with Crippen LogP contribution in [-0.4, -0.2) is 18.3 Å². The van der Waals surface area contributed by atoms with Gasteiger partial charge in [-0.3, -0.25) is 0 Å². The molecular weight excluding hydrogens is 475 g/mol. The molecular formula is C31H31GeNO. The molecule has 0 saturated carbocycles. The van der Waals surface area contributed by atoms with E-state index in [0.717, 1.165) is 50.2 Å². The molecule has 0 radical (unpaired) electrons. The third kappa shape index (κ3) is 4.35. The van der Waals surface area contributed by atoms with Gasteiger partial charge in [0.15, 0.2) is 0 Å². The number of aromatic nitrogens is 1. The Morgan fingerprint density at radius 2 is 1.44 bits per heavy atom. The van der Waals surface area contributed by atoms with Gasteiger partial charge in [-0.25, -0.2) is 0 Å². The van der Waals surface area contributed by atoms with Crippen molar-refractivity contribution in [3.05, 3.63) is 96.7 Å². The number of hydrogen-bond donors (Lipinski definition) is 0. The number of benzene rings is 3. The molecule has 3 aromatic carbocycles. The number of fused-ring (bicyclic) bond motifs is 1. The summed E-state index contributed by atoms with van der Waals surface area (Å²) in [6.45, 7) is 3.95. The van der Waals surface area contributed by atoms with Crippen molar-refractivity contribution in [2.45, 2.75) is 37.0 Å². The molecule has 5 aromatic rings. The first-order valence-electron chi connectivity index (χ1n) is 12.3. The molecule has 5 rings (SSSR count). The molecule has 170 valence electrons. The Bertz CT molecular complexity index is 1490. The van der Waals surface area contributed by atoms with Crippen LogP contribution in [-0.2, 0) is 0 Å². The molecule has 0 aliphatic rings. The van der Waals surface area contributed by atoms with E-state index in [1.165, 1.54) is 4.40 Å². The second-order valence-corrected chi connectivity index (χ2v) is 20.7. The Balaban J connectivity index is 1.75. The maximum atomic E-state index is 8.84. The van der Waals surface area contributed by atoms with Gasteiger partial charge >= 0.3 is 201 Å². The van der Waals surface area contributed by atoms with E-state index in [1.807, 2.05) is 44.3 Å². The molecule has 0 amide bonds. The van der Waals surface area contributed by atoms with Crippen molar-refractivity contribution in [2.24, 2.45) is 0 Å². The van der Waals surface area contributed by atoms with Crippen molar-refractivity contribution in [3.8, 4) is 33.7 Å². The van der Waals surface area contributed by atoms with E-state index >= 15 is 0 Å². The second kappa shape index (κ2) is 8.92. The van der Waals surface area contributed by atoms with Gasteiger partial charge in [0, 0.05) is 0 Å². The zero-order chi connectivity index (χ0) is 24.8. The van der Waals surface area contributed by atoms with Crippen molar-refractivity contribution in [3.63, 3.8) is 0 Å². The van der Waals surface area contributed by atoms with Crippen molar-refractivity contribution >= 4 is 28.6 Å². The predicted molar refractivity (Wildman–Crippen MR) is 147 cm³/mol. The van der Waals surface area contributed by atoms with Crippen LogP contribution in [0, 0.1) is 0 Å². The number of nitrogens with zero attached hydrogens (tertiary/aromatic N) is 1.